The molecule has 2 aromatic carbocycles. The standard InChI is InChI=1S/C21H28N2O4S/c1-4-16-27-20-10-6-5-8-17(20)9-7-15-22-21(24)18-11-13-19(14-12-18)23(2)28(3,25)26/h5-6,8,10-14H,4,7,9,15-16H2,1-3H3,(H,22,24). The quantitative estimate of drug-likeness (QED) is 0.617. The van der Waals surface area contributed by atoms with Crippen LogP contribution in [0.3, 0.4) is 0 Å². The van der Waals surface area contributed by atoms with Gasteiger partial charge in [-0.2, -0.15) is 0 Å². The SMILES string of the molecule is CCCOc1ccccc1CCCNC(=O)c1ccc(N(C)S(C)(=O)=O)cc1. The second-order valence-corrected chi connectivity index (χ2v) is 8.61. The van der Waals surface area contributed by atoms with Crippen LogP contribution in [0.4, 0.5) is 5.69 Å². The maximum atomic E-state index is 12.3. The van der Waals surface area contributed by atoms with Crippen LogP contribution in [-0.4, -0.2) is 40.8 Å². The van der Waals surface area contributed by atoms with E-state index in [1.807, 2.05) is 24.3 Å². The minimum absolute atomic E-state index is 0.177. The summed E-state index contributed by atoms with van der Waals surface area (Å²) >= 11 is 0. The fourth-order valence-corrected chi connectivity index (χ4v) is 3.16. The summed E-state index contributed by atoms with van der Waals surface area (Å²) in [6.07, 6.45) is 3.72. The summed E-state index contributed by atoms with van der Waals surface area (Å²) in [4.78, 5) is 12.3. The van der Waals surface area contributed by atoms with E-state index in [0.29, 0.717) is 24.4 Å². The molecule has 0 bridgehead atoms. The molecule has 0 heterocycles. The molecule has 0 aromatic heterocycles. The molecule has 2 aromatic rings. The van der Waals surface area contributed by atoms with Gasteiger partial charge in [0, 0.05) is 19.2 Å². The van der Waals surface area contributed by atoms with Gasteiger partial charge in [0.05, 0.1) is 18.6 Å². The molecule has 152 valence electrons. The molecule has 28 heavy (non-hydrogen) atoms. The van der Waals surface area contributed by atoms with Crippen molar-refractivity contribution in [2.24, 2.45) is 0 Å². The predicted octanol–water partition coefficient (Wildman–Crippen LogP) is 3.23. The molecule has 0 aliphatic heterocycles. The van der Waals surface area contributed by atoms with E-state index >= 15 is 0 Å². The highest BCUT2D eigenvalue weighted by Gasteiger charge is 2.12. The van der Waals surface area contributed by atoms with Crippen LogP contribution < -0.4 is 14.4 Å². The molecule has 1 amide bonds. The van der Waals surface area contributed by atoms with Gasteiger partial charge in [-0.15, -0.1) is 0 Å². The molecule has 0 fully saturated rings. The fourth-order valence-electron chi connectivity index (χ4n) is 2.66. The molecular formula is C21H28N2O4S. The van der Waals surface area contributed by atoms with E-state index in [9.17, 15) is 13.2 Å². The lowest BCUT2D eigenvalue weighted by Gasteiger charge is -2.16. The second-order valence-electron chi connectivity index (χ2n) is 6.59. The van der Waals surface area contributed by atoms with Crippen molar-refractivity contribution >= 4 is 21.6 Å². The van der Waals surface area contributed by atoms with Gasteiger partial charge in [0.2, 0.25) is 10.0 Å². The Hall–Kier alpha value is -2.54. The molecule has 0 aliphatic rings. The third-order valence-corrected chi connectivity index (χ3v) is 5.54. The van der Waals surface area contributed by atoms with Crippen LogP contribution in [0.25, 0.3) is 0 Å². The number of carbonyl (C=O) groups excluding carboxylic acids is 1. The number of amides is 1. The summed E-state index contributed by atoms with van der Waals surface area (Å²) in [5.41, 5.74) is 2.15. The number of nitrogens with zero attached hydrogens (tertiary/aromatic N) is 1. The molecule has 0 radical (unpaired) electrons. The highest BCUT2D eigenvalue weighted by atomic mass is 32.2. The van der Waals surface area contributed by atoms with Gasteiger partial charge >= 0.3 is 0 Å². The lowest BCUT2D eigenvalue weighted by Crippen LogP contribution is -2.26. The zero-order chi connectivity index (χ0) is 20.6. The Morgan fingerprint density at radius 3 is 2.43 bits per heavy atom. The molecule has 0 saturated carbocycles. The molecule has 0 saturated heterocycles. The first kappa shape index (κ1) is 21.8. The summed E-state index contributed by atoms with van der Waals surface area (Å²) in [5.74, 6) is 0.727. The number of hydrogen-bond acceptors (Lipinski definition) is 4. The van der Waals surface area contributed by atoms with E-state index in [2.05, 4.69) is 12.2 Å². The highest BCUT2D eigenvalue weighted by Crippen LogP contribution is 2.20. The number of nitrogens with one attached hydrogen (secondary N) is 1. The van der Waals surface area contributed by atoms with Crippen LogP contribution in [-0.2, 0) is 16.4 Å². The van der Waals surface area contributed by atoms with Crippen LogP contribution >= 0.6 is 0 Å². The largest absolute Gasteiger partial charge is 0.493 e. The second kappa shape index (κ2) is 10.1. The average molecular weight is 405 g/mol. The molecule has 6 nitrogen and oxygen atoms in total. The Labute approximate surface area is 167 Å². The van der Waals surface area contributed by atoms with Crippen molar-refractivity contribution in [2.75, 3.05) is 30.8 Å². The first-order valence-electron chi connectivity index (χ1n) is 9.35. The van der Waals surface area contributed by atoms with E-state index in [1.165, 1.54) is 11.4 Å². The summed E-state index contributed by atoms with van der Waals surface area (Å²) < 4.78 is 30.1. The van der Waals surface area contributed by atoms with E-state index < -0.39 is 10.0 Å². The number of aryl methyl sites for hydroxylation is 1. The number of anilines is 1. The van der Waals surface area contributed by atoms with Gasteiger partial charge in [0.1, 0.15) is 5.75 Å². The minimum atomic E-state index is -3.32. The fraction of sp³-hybridized carbons (Fsp3) is 0.381. The summed E-state index contributed by atoms with van der Waals surface area (Å²) in [6, 6.07) is 14.5. The molecule has 1 N–H and O–H groups in total. The van der Waals surface area contributed by atoms with Crippen molar-refractivity contribution in [1.82, 2.24) is 5.32 Å². The van der Waals surface area contributed by atoms with Gasteiger partial charge in [-0.3, -0.25) is 9.10 Å². The molecule has 0 spiro atoms. The number of para-hydroxylation sites is 1. The van der Waals surface area contributed by atoms with Gasteiger partial charge in [-0.1, -0.05) is 25.1 Å². The Balaban J connectivity index is 1.85. The number of benzene rings is 2. The van der Waals surface area contributed by atoms with E-state index in [0.717, 1.165) is 36.8 Å². The third-order valence-electron chi connectivity index (χ3n) is 4.33. The average Bonchev–Trinajstić information content (AvgIpc) is 2.69. The maximum absolute atomic E-state index is 12.3. The van der Waals surface area contributed by atoms with Crippen molar-refractivity contribution < 1.29 is 17.9 Å². The Bertz CT molecular complexity index is 880. The number of sulfonamides is 1. The number of hydrogen-bond donors (Lipinski definition) is 1. The van der Waals surface area contributed by atoms with Gasteiger partial charge in [-0.05, 0) is 55.2 Å². The number of carbonyl (C=O) groups is 1. The van der Waals surface area contributed by atoms with Gasteiger partial charge in [0.25, 0.3) is 5.91 Å². The summed E-state index contributed by atoms with van der Waals surface area (Å²) in [6.45, 7) is 3.31. The highest BCUT2D eigenvalue weighted by molar-refractivity contribution is 7.92. The van der Waals surface area contributed by atoms with Crippen molar-refractivity contribution in [1.29, 1.82) is 0 Å². The number of ether oxygens (including phenoxy) is 1. The third kappa shape index (κ3) is 6.27. The van der Waals surface area contributed by atoms with Crippen LogP contribution in [0.5, 0.6) is 5.75 Å². The smallest absolute Gasteiger partial charge is 0.251 e. The molecule has 0 unspecified atom stereocenters. The first-order valence-corrected chi connectivity index (χ1v) is 11.2. The molecular weight excluding hydrogens is 376 g/mol. The topological polar surface area (TPSA) is 75.7 Å². The van der Waals surface area contributed by atoms with Gasteiger partial charge < -0.3 is 10.1 Å². The van der Waals surface area contributed by atoms with Crippen molar-refractivity contribution in [3.8, 4) is 5.75 Å². The Kier molecular flexibility index (Phi) is 7.87. The van der Waals surface area contributed by atoms with E-state index in [-0.39, 0.29) is 5.91 Å². The van der Waals surface area contributed by atoms with Crippen molar-refractivity contribution in [2.45, 2.75) is 26.2 Å². The monoisotopic (exact) mass is 404 g/mol. The summed E-state index contributed by atoms with van der Waals surface area (Å²) in [5, 5.41) is 2.90. The van der Waals surface area contributed by atoms with E-state index in [1.54, 1.807) is 24.3 Å². The van der Waals surface area contributed by atoms with Crippen LogP contribution in [0, 0.1) is 0 Å². The van der Waals surface area contributed by atoms with Gasteiger partial charge in [0.15, 0.2) is 0 Å². The zero-order valence-corrected chi connectivity index (χ0v) is 17.5. The van der Waals surface area contributed by atoms with Crippen LogP contribution in [0.15, 0.2) is 48.5 Å². The maximum Gasteiger partial charge on any atom is 0.251 e. The first-order chi connectivity index (χ1) is 13.3. The Morgan fingerprint density at radius 2 is 1.79 bits per heavy atom. The van der Waals surface area contributed by atoms with Crippen LogP contribution in [0.1, 0.15) is 35.7 Å². The number of rotatable bonds is 10. The van der Waals surface area contributed by atoms with Crippen molar-refractivity contribution in [3.05, 3.63) is 59.7 Å². The zero-order valence-electron chi connectivity index (χ0n) is 16.6. The van der Waals surface area contributed by atoms with Crippen LogP contribution in [0.2, 0.25) is 0 Å². The Morgan fingerprint density at radius 1 is 1.11 bits per heavy atom. The minimum Gasteiger partial charge on any atom is -0.493 e. The predicted molar refractivity (Wildman–Crippen MR) is 113 cm³/mol. The molecule has 7 heteroatoms. The molecule has 2 rings (SSSR count). The van der Waals surface area contributed by atoms with Gasteiger partial charge in [-0.25, -0.2) is 8.42 Å². The molecule has 0 atom stereocenters. The summed E-state index contributed by atoms with van der Waals surface area (Å²) in [7, 11) is -1.84. The van der Waals surface area contributed by atoms with E-state index in [4.69, 9.17) is 4.74 Å². The van der Waals surface area contributed by atoms with Crippen molar-refractivity contribution in [3.63, 3.8) is 0 Å². The lowest BCUT2D eigenvalue weighted by atomic mass is 10.1. The lowest BCUT2D eigenvalue weighted by molar-refractivity contribution is 0.0953. The molecule has 0 aliphatic carbocycles. The normalized spacial score (nSPS) is 11.1.